The van der Waals surface area contributed by atoms with E-state index in [9.17, 15) is 24.0 Å². The van der Waals surface area contributed by atoms with Crippen molar-refractivity contribution in [2.45, 2.75) is 82.3 Å². The van der Waals surface area contributed by atoms with Crippen LogP contribution in [0.4, 0.5) is 0 Å². The highest BCUT2D eigenvalue weighted by Crippen LogP contribution is 2.55. The number of carbonyl (C=O) groups is 5. The largest absolute Gasteiger partial charge is 0.350 e. The number of H-pyrrole nitrogens is 1. The summed E-state index contributed by atoms with van der Waals surface area (Å²) in [4.78, 5) is 70.5. The molecule has 2 aromatic rings. The molecule has 2 heterocycles. The maximum Gasteiger partial charge on any atom is 0.289 e. The fourth-order valence-corrected chi connectivity index (χ4v) is 6.79. The number of nitrogens with one attached hydrogen (secondary N) is 3. The standard InChI is InChI=1S/C29H32Cl2N4O5/c30-16-11-19(31)18-13-22(33-20(18)12-16)28(40)35-9-8-29(6-7-29)14-23(35)26(38)34-21(10-15-2-1-3-24(15)36)25(37)27(39)32-17-4-5-17/h11-13,15,17,21,23,33H,1-10,14H2,(H,32,39)(H,34,38)/t15-,21-,23-/m0/s1. The zero-order valence-electron chi connectivity index (χ0n) is 22.1. The van der Waals surface area contributed by atoms with Crippen molar-refractivity contribution in [3.05, 3.63) is 33.9 Å². The summed E-state index contributed by atoms with van der Waals surface area (Å²) < 4.78 is 0. The molecule has 0 radical (unpaired) electrons. The van der Waals surface area contributed by atoms with E-state index in [1.165, 1.54) is 0 Å². The molecule has 6 rings (SSSR count). The summed E-state index contributed by atoms with van der Waals surface area (Å²) in [6, 6.07) is 3.01. The Bertz CT molecular complexity index is 1410. The first-order chi connectivity index (χ1) is 19.1. The van der Waals surface area contributed by atoms with E-state index in [1.54, 1.807) is 23.1 Å². The predicted octanol–water partition coefficient (Wildman–Crippen LogP) is 3.95. The molecule has 1 spiro atoms. The minimum Gasteiger partial charge on any atom is -0.350 e. The summed E-state index contributed by atoms with van der Waals surface area (Å²) in [7, 11) is 0. The molecule has 40 heavy (non-hydrogen) atoms. The summed E-state index contributed by atoms with van der Waals surface area (Å²) in [6.45, 7) is 0.392. The van der Waals surface area contributed by atoms with Crippen LogP contribution in [0, 0.1) is 11.3 Å². The van der Waals surface area contributed by atoms with Crippen LogP contribution in [0.2, 0.25) is 10.0 Å². The van der Waals surface area contributed by atoms with Crippen LogP contribution in [0.1, 0.15) is 74.7 Å². The van der Waals surface area contributed by atoms with E-state index < -0.39 is 29.7 Å². The number of nitrogens with zero attached hydrogens (tertiary/aromatic N) is 1. The van der Waals surface area contributed by atoms with Gasteiger partial charge in [-0.05, 0) is 81.4 Å². The number of aromatic nitrogens is 1. The average molecular weight is 588 g/mol. The van der Waals surface area contributed by atoms with Crippen LogP contribution < -0.4 is 10.6 Å². The van der Waals surface area contributed by atoms with Gasteiger partial charge in [0.15, 0.2) is 0 Å². The van der Waals surface area contributed by atoms with Crippen LogP contribution in [-0.2, 0) is 19.2 Å². The molecule has 9 nitrogen and oxygen atoms in total. The number of fused-ring (bicyclic) bond motifs is 1. The topological polar surface area (TPSA) is 128 Å². The fourth-order valence-electron chi connectivity index (χ4n) is 6.24. The molecule has 1 aromatic heterocycles. The van der Waals surface area contributed by atoms with E-state index in [0.717, 1.165) is 38.5 Å². The number of hydrogen-bond acceptors (Lipinski definition) is 5. The number of benzene rings is 1. The molecular formula is C29H32Cl2N4O5. The van der Waals surface area contributed by atoms with Crippen molar-refractivity contribution in [3.8, 4) is 0 Å². The zero-order valence-corrected chi connectivity index (χ0v) is 23.6. The van der Waals surface area contributed by atoms with E-state index in [0.29, 0.717) is 46.8 Å². The highest BCUT2D eigenvalue weighted by atomic mass is 35.5. The van der Waals surface area contributed by atoms with E-state index in [2.05, 4.69) is 15.6 Å². The van der Waals surface area contributed by atoms with Gasteiger partial charge in [0.2, 0.25) is 11.7 Å². The number of amides is 3. The van der Waals surface area contributed by atoms with Gasteiger partial charge in [-0.2, -0.15) is 0 Å². The lowest BCUT2D eigenvalue weighted by Gasteiger charge is -2.39. The molecule has 212 valence electrons. The van der Waals surface area contributed by atoms with Crippen molar-refractivity contribution in [3.63, 3.8) is 0 Å². The smallest absolute Gasteiger partial charge is 0.289 e. The highest BCUT2D eigenvalue weighted by molar-refractivity contribution is 6.39. The van der Waals surface area contributed by atoms with Gasteiger partial charge in [0.1, 0.15) is 17.5 Å². The number of carbonyl (C=O) groups excluding carboxylic acids is 5. The zero-order chi connectivity index (χ0) is 28.2. The van der Waals surface area contributed by atoms with Gasteiger partial charge >= 0.3 is 0 Å². The fraction of sp³-hybridized carbons (Fsp3) is 0.552. The van der Waals surface area contributed by atoms with E-state index in [-0.39, 0.29) is 41.2 Å². The lowest BCUT2D eigenvalue weighted by Crippen LogP contribution is -2.58. The molecule has 0 bridgehead atoms. The van der Waals surface area contributed by atoms with Crippen molar-refractivity contribution >= 4 is 63.4 Å². The summed E-state index contributed by atoms with van der Waals surface area (Å²) in [5, 5.41) is 7.01. The second kappa shape index (κ2) is 10.5. The Morgan fingerprint density at radius 2 is 1.85 bits per heavy atom. The van der Waals surface area contributed by atoms with Crippen molar-refractivity contribution in [2.24, 2.45) is 11.3 Å². The van der Waals surface area contributed by atoms with Crippen LogP contribution in [0.15, 0.2) is 18.2 Å². The van der Waals surface area contributed by atoms with Crippen LogP contribution in [0.25, 0.3) is 10.9 Å². The van der Waals surface area contributed by atoms with Crippen molar-refractivity contribution < 1.29 is 24.0 Å². The van der Waals surface area contributed by atoms with Crippen LogP contribution in [0.5, 0.6) is 0 Å². The van der Waals surface area contributed by atoms with Crippen molar-refractivity contribution in [1.29, 1.82) is 0 Å². The lowest BCUT2D eigenvalue weighted by molar-refractivity contribution is -0.141. The molecule has 3 aliphatic carbocycles. The van der Waals surface area contributed by atoms with Crippen molar-refractivity contribution in [2.75, 3.05) is 6.54 Å². The summed E-state index contributed by atoms with van der Waals surface area (Å²) in [6.07, 6.45) is 6.80. The van der Waals surface area contributed by atoms with Gasteiger partial charge < -0.3 is 20.5 Å². The second-order valence-electron chi connectivity index (χ2n) is 12.0. The quantitative estimate of drug-likeness (QED) is 0.403. The minimum atomic E-state index is -1.12. The van der Waals surface area contributed by atoms with Gasteiger partial charge in [-0.1, -0.05) is 23.2 Å². The van der Waals surface area contributed by atoms with Crippen molar-refractivity contribution in [1.82, 2.24) is 20.5 Å². The summed E-state index contributed by atoms with van der Waals surface area (Å²) >= 11 is 12.5. The first-order valence-corrected chi connectivity index (χ1v) is 14.8. The summed E-state index contributed by atoms with van der Waals surface area (Å²) in [5.41, 5.74) is 0.920. The van der Waals surface area contributed by atoms with Gasteiger partial charge in [0, 0.05) is 40.9 Å². The Labute approximate surface area is 241 Å². The molecule has 11 heteroatoms. The molecule has 1 saturated heterocycles. The second-order valence-corrected chi connectivity index (χ2v) is 12.8. The average Bonchev–Trinajstić information content (AvgIpc) is 3.80. The third-order valence-corrected chi connectivity index (χ3v) is 9.54. The monoisotopic (exact) mass is 586 g/mol. The van der Waals surface area contributed by atoms with Gasteiger partial charge in [-0.15, -0.1) is 0 Å². The van der Waals surface area contributed by atoms with Gasteiger partial charge in [0.25, 0.3) is 11.8 Å². The number of hydrogen-bond donors (Lipinski definition) is 3. The molecule has 4 fully saturated rings. The number of likely N-dealkylation sites (tertiary alicyclic amines) is 1. The number of aromatic amines is 1. The Balaban J connectivity index is 1.24. The molecular weight excluding hydrogens is 555 g/mol. The summed E-state index contributed by atoms with van der Waals surface area (Å²) in [5.74, 6) is -2.61. The maximum absolute atomic E-state index is 13.8. The number of rotatable bonds is 8. The molecule has 3 saturated carbocycles. The van der Waals surface area contributed by atoms with E-state index >= 15 is 0 Å². The normalized spacial score (nSPS) is 24.2. The first-order valence-electron chi connectivity index (χ1n) is 14.1. The lowest BCUT2D eigenvalue weighted by atomic mass is 9.86. The molecule has 3 amide bonds. The number of halogens is 2. The van der Waals surface area contributed by atoms with E-state index in [4.69, 9.17) is 23.2 Å². The third kappa shape index (κ3) is 5.50. The minimum absolute atomic E-state index is 0.0122. The first kappa shape index (κ1) is 27.3. The Morgan fingerprint density at radius 1 is 1.07 bits per heavy atom. The highest BCUT2D eigenvalue weighted by Gasteiger charge is 2.51. The van der Waals surface area contributed by atoms with Gasteiger partial charge in [-0.3, -0.25) is 24.0 Å². The molecule has 1 aliphatic heterocycles. The van der Waals surface area contributed by atoms with Crippen LogP contribution >= 0.6 is 23.2 Å². The molecule has 3 N–H and O–H groups in total. The van der Waals surface area contributed by atoms with Gasteiger partial charge in [-0.25, -0.2) is 0 Å². The number of Topliss-reactive ketones (excluding diaryl/α,β-unsaturated/α-hetero) is 2. The Morgan fingerprint density at radius 3 is 2.52 bits per heavy atom. The van der Waals surface area contributed by atoms with E-state index in [1.807, 2.05) is 0 Å². The molecule has 4 aliphatic rings. The van der Waals surface area contributed by atoms with Crippen LogP contribution in [0.3, 0.4) is 0 Å². The maximum atomic E-state index is 13.8. The molecule has 1 aromatic carbocycles. The Hall–Kier alpha value is -2.91. The number of piperidine rings is 1. The SMILES string of the molecule is O=C(NC1CC1)C(=O)[C@H](C[C@@H]1CCCC1=O)NC(=O)[C@@H]1CC2(CCN1C(=O)c1cc3c(Cl)cc(Cl)cc3[nH]1)CC2. The van der Waals surface area contributed by atoms with Crippen LogP contribution in [-0.4, -0.2) is 63.8 Å². The van der Waals surface area contributed by atoms with Gasteiger partial charge in [0.05, 0.1) is 11.1 Å². The predicted molar refractivity (Wildman–Crippen MR) is 149 cm³/mol. The molecule has 3 atom stereocenters. The molecule has 0 unspecified atom stereocenters. The number of ketones is 2. The Kier molecular flexibility index (Phi) is 7.15. The third-order valence-electron chi connectivity index (χ3n) is 9.01.